The number of benzene rings is 2. The van der Waals surface area contributed by atoms with E-state index in [4.69, 9.17) is 11.6 Å². The number of nitrogens with zero attached hydrogens (tertiary/aromatic N) is 3. The lowest BCUT2D eigenvalue weighted by atomic mass is 10.1. The van der Waals surface area contributed by atoms with Gasteiger partial charge in [0.05, 0.1) is 10.5 Å². The van der Waals surface area contributed by atoms with Crippen molar-refractivity contribution >= 4 is 28.9 Å². The van der Waals surface area contributed by atoms with Crippen LogP contribution in [0.2, 0.25) is 5.02 Å². The third-order valence-corrected chi connectivity index (χ3v) is 4.71. The molecule has 0 bridgehead atoms. The van der Waals surface area contributed by atoms with E-state index in [1.54, 1.807) is 17.0 Å². The van der Waals surface area contributed by atoms with E-state index in [1.807, 2.05) is 0 Å². The Balaban J connectivity index is 1.73. The highest BCUT2D eigenvalue weighted by Gasteiger charge is 2.32. The van der Waals surface area contributed by atoms with Crippen molar-refractivity contribution in [2.75, 3.05) is 31.1 Å². The summed E-state index contributed by atoms with van der Waals surface area (Å²) in [7, 11) is 0. The van der Waals surface area contributed by atoms with Gasteiger partial charge >= 0.3 is 6.18 Å². The van der Waals surface area contributed by atoms with Crippen molar-refractivity contribution < 1.29 is 22.9 Å². The molecule has 1 heterocycles. The molecular weight excluding hydrogens is 399 g/mol. The lowest BCUT2D eigenvalue weighted by Crippen LogP contribution is -2.49. The van der Waals surface area contributed by atoms with Gasteiger partial charge in [0, 0.05) is 42.8 Å². The maximum absolute atomic E-state index is 12.8. The average molecular weight is 414 g/mol. The van der Waals surface area contributed by atoms with E-state index in [0.717, 1.165) is 12.1 Å². The summed E-state index contributed by atoms with van der Waals surface area (Å²) in [5.74, 6) is -0.503. The molecule has 6 nitrogen and oxygen atoms in total. The Labute approximate surface area is 163 Å². The van der Waals surface area contributed by atoms with Crippen molar-refractivity contribution in [3.63, 3.8) is 0 Å². The largest absolute Gasteiger partial charge is 0.416 e. The van der Waals surface area contributed by atoms with Gasteiger partial charge in [0.1, 0.15) is 5.69 Å². The molecule has 0 radical (unpaired) electrons. The average Bonchev–Trinajstić information content (AvgIpc) is 2.67. The molecule has 28 heavy (non-hydrogen) atoms. The standard InChI is InChI=1S/C18H15ClF3N3O3/c19-14-4-5-15(16(11-14)25(27)28)23-6-8-24(9-7-23)17(26)12-2-1-3-13(10-12)18(20,21)22/h1-5,10-11H,6-9H2. The smallest absolute Gasteiger partial charge is 0.362 e. The third kappa shape index (κ3) is 4.19. The molecule has 0 aliphatic carbocycles. The van der Waals surface area contributed by atoms with E-state index in [1.165, 1.54) is 23.1 Å². The first-order valence-corrected chi connectivity index (χ1v) is 8.70. The molecule has 148 valence electrons. The maximum Gasteiger partial charge on any atom is 0.416 e. The summed E-state index contributed by atoms with van der Waals surface area (Å²) in [6, 6.07) is 8.64. The molecule has 10 heteroatoms. The molecule has 1 fully saturated rings. The fourth-order valence-electron chi connectivity index (χ4n) is 3.07. The molecule has 0 N–H and O–H groups in total. The van der Waals surface area contributed by atoms with Gasteiger partial charge in [-0.3, -0.25) is 14.9 Å². The zero-order chi connectivity index (χ0) is 20.5. The molecule has 0 saturated carbocycles. The number of piperazine rings is 1. The summed E-state index contributed by atoms with van der Waals surface area (Å²) in [6.07, 6.45) is -4.53. The predicted octanol–water partition coefficient (Wildman–Crippen LogP) is 4.23. The van der Waals surface area contributed by atoms with Gasteiger partial charge in [-0.2, -0.15) is 13.2 Å². The van der Waals surface area contributed by atoms with Crippen LogP contribution in [0.3, 0.4) is 0 Å². The summed E-state index contributed by atoms with van der Waals surface area (Å²) in [5.41, 5.74) is -0.666. The van der Waals surface area contributed by atoms with Gasteiger partial charge in [0.25, 0.3) is 11.6 Å². The minimum atomic E-state index is -4.53. The molecule has 2 aromatic carbocycles. The highest BCUT2D eigenvalue weighted by atomic mass is 35.5. The van der Waals surface area contributed by atoms with Crippen molar-refractivity contribution in [1.82, 2.24) is 4.90 Å². The van der Waals surface area contributed by atoms with Crippen LogP contribution >= 0.6 is 11.6 Å². The summed E-state index contributed by atoms with van der Waals surface area (Å²) >= 11 is 5.82. The minimum Gasteiger partial charge on any atom is -0.362 e. The van der Waals surface area contributed by atoms with Crippen LogP contribution in [0.5, 0.6) is 0 Å². The van der Waals surface area contributed by atoms with Crippen LogP contribution in [0.1, 0.15) is 15.9 Å². The van der Waals surface area contributed by atoms with Gasteiger partial charge < -0.3 is 9.80 Å². The van der Waals surface area contributed by atoms with E-state index < -0.39 is 22.6 Å². The summed E-state index contributed by atoms with van der Waals surface area (Å²) in [6.45, 7) is 1.09. The third-order valence-electron chi connectivity index (χ3n) is 4.48. The SMILES string of the molecule is O=C(c1cccc(C(F)(F)F)c1)N1CCN(c2ccc(Cl)cc2[N+](=O)[O-])CC1. The Hall–Kier alpha value is -2.81. The minimum absolute atomic E-state index is 0.0410. The second-order valence-electron chi connectivity index (χ2n) is 6.25. The zero-order valence-electron chi connectivity index (χ0n) is 14.4. The highest BCUT2D eigenvalue weighted by Crippen LogP contribution is 2.32. The van der Waals surface area contributed by atoms with Crippen LogP contribution in [-0.2, 0) is 6.18 Å². The maximum atomic E-state index is 12.8. The molecule has 0 spiro atoms. The molecule has 3 rings (SSSR count). The van der Waals surface area contributed by atoms with Crippen molar-refractivity contribution in [2.24, 2.45) is 0 Å². The molecule has 1 aliphatic heterocycles. The van der Waals surface area contributed by atoms with Crippen molar-refractivity contribution in [3.05, 3.63) is 68.7 Å². The van der Waals surface area contributed by atoms with Gasteiger partial charge in [-0.05, 0) is 30.3 Å². The first-order chi connectivity index (χ1) is 13.2. The molecule has 0 atom stereocenters. The molecule has 1 saturated heterocycles. The van der Waals surface area contributed by atoms with Crippen LogP contribution in [0.25, 0.3) is 0 Å². The Morgan fingerprint density at radius 2 is 1.75 bits per heavy atom. The molecule has 0 aromatic heterocycles. The molecule has 1 amide bonds. The number of carbonyl (C=O) groups is 1. The number of amides is 1. The number of nitro groups is 1. The molecule has 1 aliphatic rings. The molecular formula is C18H15ClF3N3O3. The van der Waals surface area contributed by atoms with E-state index in [2.05, 4.69) is 0 Å². The van der Waals surface area contributed by atoms with Crippen LogP contribution in [0, 0.1) is 10.1 Å². The van der Waals surface area contributed by atoms with Crippen LogP contribution < -0.4 is 4.90 Å². The normalized spacial score (nSPS) is 14.9. The molecule has 0 unspecified atom stereocenters. The summed E-state index contributed by atoms with van der Waals surface area (Å²) < 4.78 is 38.5. The van der Waals surface area contributed by atoms with Gasteiger partial charge in [0.15, 0.2) is 0 Å². The Morgan fingerprint density at radius 3 is 2.36 bits per heavy atom. The number of carbonyl (C=O) groups excluding carboxylic acids is 1. The van der Waals surface area contributed by atoms with Crippen molar-refractivity contribution in [3.8, 4) is 0 Å². The van der Waals surface area contributed by atoms with E-state index >= 15 is 0 Å². The van der Waals surface area contributed by atoms with Gasteiger partial charge in [-0.1, -0.05) is 17.7 Å². The zero-order valence-corrected chi connectivity index (χ0v) is 15.2. The van der Waals surface area contributed by atoms with Crippen LogP contribution in [0.4, 0.5) is 24.5 Å². The van der Waals surface area contributed by atoms with Crippen molar-refractivity contribution in [2.45, 2.75) is 6.18 Å². The monoisotopic (exact) mass is 413 g/mol. The van der Waals surface area contributed by atoms with Gasteiger partial charge in [0.2, 0.25) is 0 Å². The number of rotatable bonds is 3. The summed E-state index contributed by atoms with van der Waals surface area (Å²) in [4.78, 5) is 26.5. The predicted molar refractivity (Wildman–Crippen MR) is 97.7 cm³/mol. The second kappa shape index (κ2) is 7.67. The fourth-order valence-corrected chi connectivity index (χ4v) is 3.24. The van der Waals surface area contributed by atoms with E-state index in [0.29, 0.717) is 18.8 Å². The number of hydrogen-bond acceptors (Lipinski definition) is 4. The Bertz CT molecular complexity index is 912. The first-order valence-electron chi connectivity index (χ1n) is 8.32. The van der Waals surface area contributed by atoms with E-state index in [9.17, 15) is 28.1 Å². The van der Waals surface area contributed by atoms with Gasteiger partial charge in [-0.15, -0.1) is 0 Å². The number of nitro benzene ring substituents is 1. The van der Waals surface area contributed by atoms with E-state index in [-0.39, 0.29) is 29.4 Å². The van der Waals surface area contributed by atoms with Gasteiger partial charge in [-0.25, -0.2) is 0 Å². The highest BCUT2D eigenvalue weighted by molar-refractivity contribution is 6.30. The first kappa shape index (κ1) is 19.9. The number of anilines is 1. The lowest BCUT2D eigenvalue weighted by molar-refractivity contribution is -0.384. The number of hydrogen-bond donors (Lipinski definition) is 0. The topological polar surface area (TPSA) is 66.7 Å². The fraction of sp³-hybridized carbons (Fsp3) is 0.278. The lowest BCUT2D eigenvalue weighted by Gasteiger charge is -2.36. The van der Waals surface area contributed by atoms with Crippen LogP contribution in [-0.4, -0.2) is 41.9 Å². The van der Waals surface area contributed by atoms with Crippen LogP contribution in [0.15, 0.2) is 42.5 Å². The molecule has 2 aromatic rings. The number of alkyl halides is 3. The summed E-state index contributed by atoms with van der Waals surface area (Å²) in [5, 5.41) is 11.5. The van der Waals surface area contributed by atoms with Crippen molar-refractivity contribution in [1.29, 1.82) is 0 Å². The Kier molecular flexibility index (Phi) is 5.46. The quantitative estimate of drug-likeness (QED) is 0.558. The number of halogens is 4. The Morgan fingerprint density at radius 1 is 1.07 bits per heavy atom. The second-order valence-corrected chi connectivity index (χ2v) is 6.68.